The van der Waals surface area contributed by atoms with Gasteiger partial charge >= 0.3 is 0 Å². The van der Waals surface area contributed by atoms with Crippen LogP contribution in [0.15, 0.2) is 60.2 Å². The molecule has 0 radical (unpaired) electrons. The monoisotopic (exact) mass is 476 g/mol. The van der Waals surface area contributed by atoms with Crippen LogP contribution in [0.2, 0.25) is 0 Å². The molecule has 3 aromatic rings. The Kier molecular flexibility index (Phi) is 6.49. The van der Waals surface area contributed by atoms with Gasteiger partial charge in [-0.05, 0) is 60.3 Å². The molecule has 34 heavy (non-hydrogen) atoms. The average molecular weight is 477 g/mol. The molecule has 7 nitrogen and oxygen atoms in total. The van der Waals surface area contributed by atoms with E-state index in [1.807, 2.05) is 65.9 Å². The van der Waals surface area contributed by atoms with Gasteiger partial charge in [-0.2, -0.15) is 0 Å². The average Bonchev–Trinajstić information content (AvgIpc) is 3.26. The van der Waals surface area contributed by atoms with Crippen LogP contribution in [0.4, 0.5) is 11.4 Å². The zero-order chi connectivity index (χ0) is 23.5. The molecule has 5 rings (SSSR count). The highest BCUT2D eigenvalue weighted by atomic mass is 32.1. The Morgan fingerprint density at radius 3 is 2.50 bits per heavy atom. The standard InChI is InChI=1S/C26H28N4O3S/c1-18-10-14-34-24(18)26(32)29-12-8-23(9-13-29)33-22-6-4-20(5-7-22)28-25(31)19-16-30(17-19)21-3-2-11-27-15-21/h2-7,10-11,14-15,19,23H,8-9,12-13,16-17H2,1H3,(H,28,31). The maximum atomic E-state index is 12.7. The number of piperidine rings is 1. The smallest absolute Gasteiger partial charge is 0.264 e. The number of benzene rings is 1. The first-order valence-electron chi connectivity index (χ1n) is 11.6. The summed E-state index contributed by atoms with van der Waals surface area (Å²) < 4.78 is 6.14. The third-order valence-corrected chi connectivity index (χ3v) is 7.48. The quantitative estimate of drug-likeness (QED) is 0.577. The number of ether oxygens (including phenoxy) is 1. The summed E-state index contributed by atoms with van der Waals surface area (Å²) in [6.07, 6.45) is 5.27. The Balaban J connectivity index is 1.07. The second kappa shape index (κ2) is 9.85. The van der Waals surface area contributed by atoms with Crippen molar-refractivity contribution in [3.8, 4) is 5.75 Å². The molecular weight excluding hydrogens is 448 g/mol. The number of nitrogens with zero attached hydrogens (tertiary/aromatic N) is 3. The van der Waals surface area contributed by atoms with E-state index >= 15 is 0 Å². The molecule has 2 aromatic heterocycles. The third kappa shape index (κ3) is 4.92. The highest BCUT2D eigenvalue weighted by Gasteiger charge is 2.33. The van der Waals surface area contributed by atoms with E-state index in [-0.39, 0.29) is 23.8 Å². The van der Waals surface area contributed by atoms with Gasteiger partial charge in [-0.1, -0.05) is 0 Å². The SMILES string of the molecule is Cc1ccsc1C(=O)N1CCC(Oc2ccc(NC(=O)C3CN(c4cccnc4)C3)cc2)CC1. The molecule has 1 N–H and O–H groups in total. The van der Waals surface area contributed by atoms with Crippen molar-refractivity contribution < 1.29 is 14.3 Å². The minimum atomic E-state index is -0.0259. The third-order valence-electron chi connectivity index (χ3n) is 6.47. The van der Waals surface area contributed by atoms with Crippen molar-refractivity contribution in [2.24, 2.45) is 5.92 Å². The van der Waals surface area contributed by atoms with Gasteiger partial charge in [-0.15, -0.1) is 11.3 Å². The van der Waals surface area contributed by atoms with Crippen molar-refractivity contribution in [2.45, 2.75) is 25.9 Å². The lowest BCUT2D eigenvalue weighted by Gasteiger charge is -2.39. The second-order valence-electron chi connectivity index (χ2n) is 8.87. The summed E-state index contributed by atoms with van der Waals surface area (Å²) in [7, 11) is 0. The molecule has 0 bridgehead atoms. The predicted octanol–water partition coefficient (Wildman–Crippen LogP) is 4.21. The molecule has 0 spiro atoms. The number of likely N-dealkylation sites (tertiary alicyclic amines) is 1. The molecule has 2 saturated heterocycles. The zero-order valence-electron chi connectivity index (χ0n) is 19.1. The number of hydrogen-bond donors (Lipinski definition) is 1. The van der Waals surface area contributed by atoms with Crippen LogP contribution in [-0.2, 0) is 4.79 Å². The number of nitrogens with one attached hydrogen (secondary N) is 1. The van der Waals surface area contributed by atoms with Crippen LogP contribution in [0.5, 0.6) is 5.75 Å². The summed E-state index contributed by atoms with van der Waals surface area (Å²) in [4.78, 5) is 34.3. The maximum Gasteiger partial charge on any atom is 0.264 e. The maximum absolute atomic E-state index is 12.7. The van der Waals surface area contributed by atoms with Crippen molar-refractivity contribution in [2.75, 3.05) is 36.4 Å². The van der Waals surface area contributed by atoms with E-state index in [0.29, 0.717) is 26.2 Å². The molecule has 0 unspecified atom stereocenters. The molecular formula is C26H28N4O3S. The first kappa shape index (κ1) is 22.4. The van der Waals surface area contributed by atoms with Gasteiger partial charge in [0, 0.05) is 50.9 Å². The fraction of sp³-hybridized carbons (Fsp3) is 0.346. The van der Waals surface area contributed by atoms with Crippen molar-refractivity contribution in [3.05, 3.63) is 70.7 Å². The fourth-order valence-corrected chi connectivity index (χ4v) is 5.25. The number of hydrogen-bond acceptors (Lipinski definition) is 6. The van der Waals surface area contributed by atoms with E-state index in [0.717, 1.165) is 40.4 Å². The second-order valence-corrected chi connectivity index (χ2v) is 9.79. The Morgan fingerprint density at radius 1 is 1.09 bits per heavy atom. The number of carbonyl (C=O) groups is 2. The fourth-order valence-electron chi connectivity index (χ4n) is 4.36. The van der Waals surface area contributed by atoms with Gasteiger partial charge in [0.05, 0.1) is 22.7 Å². The molecule has 4 heterocycles. The molecule has 2 amide bonds. The molecule has 2 aliphatic rings. The number of aryl methyl sites for hydroxylation is 1. The number of aromatic nitrogens is 1. The van der Waals surface area contributed by atoms with E-state index in [2.05, 4.69) is 15.2 Å². The Labute approximate surface area is 203 Å². The van der Waals surface area contributed by atoms with Crippen LogP contribution in [0, 0.1) is 12.8 Å². The predicted molar refractivity (Wildman–Crippen MR) is 134 cm³/mol. The van der Waals surface area contributed by atoms with Crippen molar-refractivity contribution >= 4 is 34.5 Å². The largest absolute Gasteiger partial charge is 0.490 e. The highest BCUT2D eigenvalue weighted by molar-refractivity contribution is 7.12. The Bertz CT molecular complexity index is 1130. The zero-order valence-corrected chi connectivity index (χ0v) is 20.0. The lowest BCUT2D eigenvalue weighted by molar-refractivity contribution is -0.120. The Morgan fingerprint density at radius 2 is 1.85 bits per heavy atom. The molecule has 8 heteroatoms. The van der Waals surface area contributed by atoms with Crippen LogP contribution in [0.3, 0.4) is 0 Å². The van der Waals surface area contributed by atoms with E-state index in [9.17, 15) is 9.59 Å². The number of rotatable bonds is 6. The van der Waals surface area contributed by atoms with Crippen molar-refractivity contribution in [1.29, 1.82) is 0 Å². The first-order chi connectivity index (χ1) is 16.6. The van der Waals surface area contributed by atoms with Gasteiger partial charge in [0.25, 0.3) is 5.91 Å². The minimum absolute atomic E-state index is 0.0259. The lowest BCUT2D eigenvalue weighted by atomic mass is 9.98. The van der Waals surface area contributed by atoms with Gasteiger partial charge < -0.3 is 19.9 Å². The molecule has 0 atom stereocenters. The number of pyridine rings is 1. The van der Waals surface area contributed by atoms with Gasteiger partial charge in [-0.25, -0.2) is 0 Å². The van der Waals surface area contributed by atoms with Gasteiger partial charge in [0.2, 0.25) is 5.91 Å². The highest BCUT2D eigenvalue weighted by Crippen LogP contribution is 2.26. The van der Waals surface area contributed by atoms with E-state index in [4.69, 9.17) is 4.74 Å². The van der Waals surface area contributed by atoms with E-state index in [1.54, 1.807) is 6.20 Å². The van der Waals surface area contributed by atoms with E-state index in [1.165, 1.54) is 11.3 Å². The van der Waals surface area contributed by atoms with Gasteiger partial charge in [0.15, 0.2) is 0 Å². The summed E-state index contributed by atoms with van der Waals surface area (Å²) in [5.74, 6) is 0.915. The van der Waals surface area contributed by atoms with Crippen LogP contribution in [-0.4, -0.2) is 54.0 Å². The summed E-state index contributed by atoms with van der Waals surface area (Å²) in [5, 5.41) is 4.97. The van der Waals surface area contributed by atoms with Gasteiger partial charge in [-0.3, -0.25) is 14.6 Å². The normalized spacial score (nSPS) is 16.7. The topological polar surface area (TPSA) is 74.8 Å². The Hall–Kier alpha value is -3.39. The summed E-state index contributed by atoms with van der Waals surface area (Å²) >= 11 is 1.51. The van der Waals surface area contributed by atoms with Crippen LogP contribution in [0.1, 0.15) is 28.1 Å². The lowest BCUT2D eigenvalue weighted by Crippen LogP contribution is -2.52. The summed E-state index contributed by atoms with van der Waals surface area (Å²) in [5.41, 5.74) is 2.86. The minimum Gasteiger partial charge on any atom is -0.490 e. The molecule has 2 aliphatic heterocycles. The van der Waals surface area contributed by atoms with Crippen molar-refractivity contribution in [1.82, 2.24) is 9.88 Å². The van der Waals surface area contributed by atoms with Crippen LogP contribution in [0.25, 0.3) is 0 Å². The summed E-state index contributed by atoms with van der Waals surface area (Å²) in [6, 6.07) is 13.4. The molecule has 176 valence electrons. The van der Waals surface area contributed by atoms with E-state index < -0.39 is 0 Å². The van der Waals surface area contributed by atoms with Crippen LogP contribution >= 0.6 is 11.3 Å². The molecule has 2 fully saturated rings. The molecule has 0 aliphatic carbocycles. The summed E-state index contributed by atoms with van der Waals surface area (Å²) in [6.45, 7) is 4.78. The van der Waals surface area contributed by atoms with Gasteiger partial charge in [0.1, 0.15) is 11.9 Å². The van der Waals surface area contributed by atoms with Crippen molar-refractivity contribution in [3.63, 3.8) is 0 Å². The molecule has 0 saturated carbocycles. The number of carbonyl (C=O) groups excluding carboxylic acids is 2. The number of thiophene rings is 1. The first-order valence-corrected chi connectivity index (χ1v) is 12.5. The molecule has 1 aromatic carbocycles. The number of amides is 2. The number of anilines is 2. The van der Waals surface area contributed by atoms with Crippen LogP contribution < -0.4 is 15.0 Å².